The van der Waals surface area contributed by atoms with Crippen LogP contribution in [0.2, 0.25) is 0 Å². The average Bonchev–Trinajstić information content (AvgIpc) is 2.77. The lowest BCUT2D eigenvalue weighted by atomic mass is 9.97. The Morgan fingerprint density at radius 3 is 2.53 bits per heavy atom. The lowest BCUT2D eigenvalue weighted by Crippen LogP contribution is -2.56. The highest BCUT2D eigenvalue weighted by Gasteiger charge is 2.33. The summed E-state index contributed by atoms with van der Waals surface area (Å²) < 4.78 is 24.6. The first-order chi connectivity index (χ1) is 16.3. The van der Waals surface area contributed by atoms with E-state index >= 15 is 0 Å². The topological polar surface area (TPSA) is 93.2 Å². The molecule has 0 spiro atoms. The molecule has 1 saturated heterocycles. The molecular weight excluding hydrogens is 452 g/mol. The molecule has 1 amide bonds. The molecule has 34 heavy (non-hydrogen) atoms. The molecule has 0 radical (unpaired) electrons. The van der Waals surface area contributed by atoms with Crippen molar-refractivity contribution in [2.45, 2.75) is 31.5 Å². The monoisotopic (exact) mass is 484 g/mol. The van der Waals surface area contributed by atoms with Crippen LogP contribution >= 0.6 is 0 Å². The molecule has 2 N–H and O–H groups in total. The highest BCUT2D eigenvalue weighted by molar-refractivity contribution is 7.88. The Bertz CT molecular complexity index is 1180. The van der Waals surface area contributed by atoms with E-state index in [1.807, 2.05) is 18.2 Å². The number of fused-ring (bicyclic) bond motifs is 2. The first kappa shape index (κ1) is 23.3. The van der Waals surface area contributed by atoms with E-state index in [9.17, 15) is 18.3 Å². The molecule has 0 aromatic heterocycles. The zero-order chi connectivity index (χ0) is 23.9. The average molecular weight is 485 g/mol. The van der Waals surface area contributed by atoms with Gasteiger partial charge in [-0.1, -0.05) is 30.3 Å². The van der Waals surface area contributed by atoms with Crippen molar-refractivity contribution >= 4 is 21.6 Å². The van der Waals surface area contributed by atoms with Crippen LogP contribution in [0.1, 0.15) is 27.0 Å². The van der Waals surface area contributed by atoms with Crippen molar-refractivity contribution in [3.63, 3.8) is 0 Å². The first-order valence-electron chi connectivity index (χ1n) is 11.9. The van der Waals surface area contributed by atoms with E-state index in [0.717, 1.165) is 37.2 Å². The summed E-state index contributed by atoms with van der Waals surface area (Å²) in [6.07, 6.45) is 2.36. The molecule has 3 aliphatic rings. The number of aliphatic hydroxyl groups excluding tert-OH is 1. The van der Waals surface area contributed by atoms with Gasteiger partial charge in [0.1, 0.15) is 0 Å². The fourth-order valence-electron chi connectivity index (χ4n) is 5.14. The van der Waals surface area contributed by atoms with Crippen molar-refractivity contribution in [3.8, 4) is 0 Å². The summed E-state index contributed by atoms with van der Waals surface area (Å²) in [7, 11) is -3.15. The molecule has 0 aliphatic carbocycles. The lowest BCUT2D eigenvalue weighted by Gasteiger charge is -2.38. The molecule has 1 atom stereocenters. The fraction of sp³-hybridized carbons (Fsp3) is 0.480. The van der Waals surface area contributed by atoms with Crippen molar-refractivity contribution < 1.29 is 18.3 Å². The minimum Gasteiger partial charge on any atom is -0.390 e. The van der Waals surface area contributed by atoms with Gasteiger partial charge in [0.05, 0.1) is 18.4 Å². The van der Waals surface area contributed by atoms with Gasteiger partial charge in [-0.05, 0) is 41.7 Å². The fourth-order valence-corrected chi connectivity index (χ4v) is 6.04. The number of amides is 1. The highest BCUT2D eigenvalue weighted by Crippen LogP contribution is 2.25. The third-order valence-electron chi connectivity index (χ3n) is 7.08. The zero-order valence-corrected chi connectivity index (χ0v) is 20.3. The third-order valence-corrected chi connectivity index (χ3v) is 8.31. The number of aliphatic hydroxyl groups is 1. The maximum atomic E-state index is 13.2. The molecule has 0 saturated carbocycles. The van der Waals surface area contributed by atoms with E-state index < -0.39 is 16.1 Å². The number of hydrogen-bond donors (Lipinski definition) is 2. The number of nitrogens with zero attached hydrogens (tertiary/aromatic N) is 3. The number of anilines is 1. The minimum absolute atomic E-state index is 0.0408. The molecular formula is C25H32N4O4S. The van der Waals surface area contributed by atoms with Crippen LogP contribution in [0.4, 0.5) is 5.69 Å². The lowest BCUT2D eigenvalue weighted by molar-refractivity contribution is 0.0493. The van der Waals surface area contributed by atoms with Crippen LogP contribution < -0.4 is 5.32 Å². The van der Waals surface area contributed by atoms with Crippen LogP contribution in [0, 0.1) is 0 Å². The van der Waals surface area contributed by atoms with Crippen LogP contribution in [-0.2, 0) is 29.4 Å². The molecule has 182 valence electrons. The van der Waals surface area contributed by atoms with Crippen LogP contribution in [0.5, 0.6) is 0 Å². The maximum absolute atomic E-state index is 13.2. The first-order valence-corrected chi connectivity index (χ1v) is 13.7. The van der Waals surface area contributed by atoms with Gasteiger partial charge in [-0.15, -0.1) is 0 Å². The molecule has 8 nitrogen and oxygen atoms in total. The van der Waals surface area contributed by atoms with Gasteiger partial charge in [0.15, 0.2) is 0 Å². The Morgan fingerprint density at radius 2 is 1.76 bits per heavy atom. The summed E-state index contributed by atoms with van der Waals surface area (Å²) in [4.78, 5) is 17.2. The van der Waals surface area contributed by atoms with Crippen molar-refractivity contribution in [1.82, 2.24) is 14.1 Å². The number of sulfonamides is 1. The van der Waals surface area contributed by atoms with Crippen molar-refractivity contribution in [2.24, 2.45) is 0 Å². The second-order valence-electron chi connectivity index (χ2n) is 9.70. The Kier molecular flexibility index (Phi) is 6.37. The van der Waals surface area contributed by atoms with Crippen molar-refractivity contribution in [3.05, 3.63) is 64.7 Å². The van der Waals surface area contributed by atoms with Gasteiger partial charge >= 0.3 is 0 Å². The highest BCUT2D eigenvalue weighted by atomic mass is 32.2. The molecule has 2 aromatic rings. The number of carbonyl (C=O) groups excluding carboxylic acids is 1. The minimum atomic E-state index is -3.15. The third kappa shape index (κ3) is 4.98. The number of hydrogen-bond acceptors (Lipinski definition) is 6. The van der Waals surface area contributed by atoms with E-state index in [1.165, 1.54) is 21.7 Å². The summed E-state index contributed by atoms with van der Waals surface area (Å²) in [5, 5.41) is 14.1. The predicted octanol–water partition coefficient (Wildman–Crippen LogP) is 1.16. The Morgan fingerprint density at radius 1 is 1.03 bits per heavy atom. The van der Waals surface area contributed by atoms with Gasteiger partial charge in [0.2, 0.25) is 10.0 Å². The van der Waals surface area contributed by atoms with Crippen molar-refractivity contribution in [1.29, 1.82) is 0 Å². The van der Waals surface area contributed by atoms with Crippen LogP contribution in [-0.4, -0.2) is 91.2 Å². The van der Waals surface area contributed by atoms with E-state index in [4.69, 9.17) is 0 Å². The normalized spacial score (nSPS) is 20.4. The number of carbonyl (C=O) groups is 1. The Hall–Kier alpha value is -2.46. The molecule has 5 rings (SSSR count). The van der Waals surface area contributed by atoms with E-state index in [1.54, 1.807) is 4.90 Å². The van der Waals surface area contributed by atoms with Crippen LogP contribution in [0.25, 0.3) is 0 Å². The Labute approximate surface area is 201 Å². The largest absolute Gasteiger partial charge is 0.390 e. The van der Waals surface area contributed by atoms with Crippen molar-refractivity contribution in [2.75, 3.05) is 50.8 Å². The number of benzene rings is 2. The quantitative estimate of drug-likeness (QED) is 0.613. The van der Waals surface area contributed by atoms with Crippen LogP contribution in [0.15, 0.2) is 42.5 Å². The van der Waals surface area contributed by atoms with E-state index in [0.29, 0.717) is 38.3 Å². The van der Waals surface area contributed by atoms with E-state index in [-0.39, 0.29) is 11.9 Å². The molecule has 3 aliphatic heterocycles. The van der Waals surface area contributed by atoms with Gasteiger partial charge < -0.3 is 15.3 Å². The zero-order valence-electron chi connectivity index (χ0n) is 19.5. The predicted molar refractivity (Wildman–Crippen MR) is 131 cm³/mol. The maximum Gasteiger partial charge on any atom is 0.254 e. The SMILES string of the molecule is CS(=O)(=O)N1CC(Nc2ccc3c(c2)C(=O)N(C[C@@H](O)CN2CCc4ccccc4C2)CC3)C1. The van der Waals surface area contributed by atoms with Gasteiger partial charge in [0, 0.05) is 57.1 Å². The summed E-state index contributed by atoms with van der Waals surface area (Å²) in [6.45, 7) is 4.08. The number of nitrogens with one attached hydrogen (secondary N) is 1. The smallest absolute Gasteiger partial charge is 0.254 e. The van der Waals surface area contributed by atoms with Gasteiger partial charge in [-0.25, -0.2) is 8.42 Å². The molecule has 9 heteroatoms. The number of β-amino-alcohol motifs (C(OH)–C–C–N with tert-alkyl or cyclic N) is 1. The van der Waals surface area contributed by atoms with Crippen LogP contribution in [0.3, 0.4) is 0 Å². The summed E-state index contributed by atoms with van der Waals surface area (Å²) in [5.74, 6) is -0.0562. The number of rotatable bonds is 7. The second-order valence-corrected chi connectivity index (χ2v) is 11.7. The standard InChI is InChI=1S/C25H32N4O4S/c1-34(32,33)29-14-22(15-29)26-21-7-6-19-9-11-28(25(31)24(19)12-21)17-23(30)16-27-10-8-18-4-2-3-5-20(18)13-27/h2-7,12,22-23,26,30H,8-11,13-17H2,1H3/t23-/m0/s1. The second kappa shape index (κ2) is 9.30. The van der Waals surface area contributed by atoms with Gasteiger partial charge in [0.25, 0.3) is 5.91 Å². The summed E-state index contributed by atoms with van der Waals surface area (Å²) >= 11 is 0. The summed E-state index contributed by atoms with van der Waals surface area (Å²) in [6, 6.07) is 14.3. The molecule has 2 aromatic carbocycles. The van der Waals surface area contributed by atoms with Gasteiger partial charge in [-0.3, -0.25) is 9.69 Å². The molecule has 0 bridgehead atoms. The summed E-state index contributed by atoms with van der Waals surface area (Å²) in [5.41, 5.74) is 5.19. The Balaban J connectivity index is 1.17. The molecule has 3 heterocycles. The molecule has 1 fully saturated rings. The van der Waals surface area contributed by atoms with Gasteiger partial charge in [-0.2, -0.15) is 4.31 Å². The molecule has 0 unspecified atom stereocenters. The van der Waals surface area contributed by atoms with E-state index in [2.05, 4.69) is 34.5 Å².